The van der Waals surface area contributed by atoms with Crippen molar-refractivity contribution in [1.82, 2.24) is 5.43 Å². The fraction of sp³-hybridized carbons (Fsp3) is 0.143. The van der Waals surface area contributed by atoms with Gasteiger partial charge < -0.3 is 19.6 Å². The van der Waals surface area contributed by atoms with E-state index in [9.17, 15) is 0 Å². The van der Waals surface area contributed by atoms with Gasteiger partial charge in [-0.15, -0.1) is 0 Å². The molecule has 4 aromatic carbocycles. The van der Waals surface area contributed by atoms with E-state index in [-0.39, 0.29) is 0 Å². The number of hydrogen-bond acceptors (Lipinski definition) is 6. The van der Waals surface area contributed by atoms with Gasteiger partial charge in [0.15, 0.2) is 11.5 Å². The second-order valence-electron chi connectivity index (χ2n) is 7.58. The van der Waals surface area contributed by atoms with Gasteiger partial charge in [0.1, 0.15) is 12.4 Å². The minimum absolute atomic E-state index is 0.355. The van der Waals surface area contributed by atoms with Crippen LogP contribution in [0.2, 0.25) is 0 Å². The Kier molecular flexibility index (Phi) is 7.26. The van der Waals surface area contributed by atoms with Crippen LogP contribution in [-0.2, 0) is 13.2 Å². The van der Waals surface area contributed by atoms with Gasteiger partial charge in [-0.2, -0.15) is 10.4 Å². The van der Waals surface area contributed by atoms with Crippen LogP contribution in [0.1, 0.15) is 22.3 Å². The number of ether oxygens (including phenoxy) is 3. The Morgan fingerprint density at radius 3 is 2.50 bits per heavy atom. The molecule has 0 amide bonds. The summed E-state index contributed by atoms with van der Waals surface area (Å²) in [4.78, 5) is 0. The van der Waals surface area contributed by atoms with Crippen molar-refractivity contribution in [2.24, 2.45) is 5.10 Å². The van der Waals surface area contributed by atoms with Crippen molar-refractivity contribution in [1.29, 1.82) is 5.26 Å². The molecular weight excluding hydrogens is 426 g/mol. The fourth-order valence-corrected chi connectivity index (χ4v) is 3.66. The second-order valence-corrected chi connectivity index (χ2v) is 7.58. The molecule has 6 heteroatoms. The highest BCUT2D eigenvalue weighted by atomic mass is 16.5. The van der Waals surface area contributed by atoms with E-state index in [4.69, 9.17) is 19.5 Å². The quantitative estimate of drug-likeness (QED) is 0.271. The van der Waals surface area contributed by atoms with Crippen LogP contribution in [0.25, 0.3) is 10.8 Å². The molecule has 0 fully saturated rings. The summed E-state index contributed by atoms with van der Waals surface area (Å²) in [7, 11) is 3.23. The number of methoxy groups -OCH3 is 2. The second kappa shape index (κ2) is 10.9. The fourth-order valence-electron chi connectivity index (χ4n) is 3.66. The van der Waals surface area contributed by atoms with Gasteiger partial charge in [0, 0.05) is 5.56 Å². The molecule has 0 saturated heterocycles. The topological polar surface area (TPSA) is 75.9 Å². The molecule has 0 atom stereocenters. The molecule has 0 unspecified atom stereocenters. The number of benzene rings is 4. The van der Waals surface area contributed by atoms with Gasteiger partial charge in [0.05, 0.1) is 38.6 Å². The monoisotopic (exact) mass is 451 g/mol. The van der Waals surface area contributed by atoms with Crippen LogP contribution in [0.3, 0.4) is 0 Å². The summed E-state index contributed by atoms with van der Waals surface area (Å²) >= 11 is 0. The first kappa shape index (κ1) is 22.7. The summed E-state index contributed by atoms with van der Waals surface area (Å²) in [6.07, 6.45) is 1.78. The van der Waals surface area contributed by atoms with Gasteiger partial charge >= 0.3 is 0 Å². The number of nitrogens with zero attached hydrogens (tertiary/aromatic N) is 2. The zero-order valence-electron chi connectivity index (χ0n) is 19.1. The molecule has 170 valence electrons. The summed E-state index contributed by atoms with van der Waals surface area (Å²) < 4.78 is 16.8. The Balaban J connectivity index is 1.53. The molecule has 6 nitrogen and oxygen atoms in total. The Labute approximate surface area is 199 Å². The Bertz CT molecular complexity index is 1360. The van der Waals surface area contributed by atoms with Crippen LogP contribution >= 0.6 is 0 Å². The number of hydrogen-bond donors (Lipinski definition) is 1. The predicted octanol–water partition coefficient (Wildman–Crippen LogP) is 5.43. The molecule has 0 saturated carbocycles. The maximum atomic E-state index is 9.14. The van der Waals surface area contributed by atoms with Crippen LogP contribution in [0, 0.1) is 11.3 Å². The van der Waals surface area contributed by atoms with E-state index < -0.39 is 0 Å². The van der Waals surface area contributed by atoms with Crippen LogP contribution in [0.15, 0.2) is 84.0 Å². The van der Waals surface area contributed by atoms with Crippen molar-refractivity contribution < 1.29 is 14.2 Å². The highest BCUT2D eigenvalue weighted by Crippen LogP contribution is 2.28. The van der Waals surface area contributed by atoms with Gasteiger partial charge in [-0.25, -0.2) is 0 Å². The molecule has 0 aliphatic rings. The molecule has 0 bridgehead atoms. The summed E-state index contributed by atoms with van der Waals surface area (Å²) in [6, 6.07) is 27.4. The Morgan fingerprint density at radius 1 is 0.853 bits per heavy atom. The lowest BCUT2D eigenvalue weighted by molar-refractivity contribution is 0.306. The third-order valence-electron chi connectivity index (χ3n) is 5.40. The van der Waals surface area contributed by atoms with E-state index in [2.05, 4.69) is 22.7 Å². The molecule has 1 N–H and O–H groups in total. The lowest BCUT2D eigenvalue weighted by Gasteiger charge is -2.12. The minimum Gasteiger partial charge on any atom is -0.493 e. The molecule has 0 aliphatic heterocycles. The molecule has 0 aromatic heterocycles. The van der Waals surface area contributed by atoms with Crippen molar-refractivity contribution in [2.75, 3.05) is 14.2 Å². The van der Waals surface area contributed by atoms with Crippen molar-refractivity contribution in [2.45, 2.75) is 13.2 Å². The number of hydrazone groups is 1. The Morgan fingerprint density at radius 2 is 1.68 bits per heavy atom. The van der Waals surface area contributed by atoms with Gasteiger partial charge in [-0.3, -0.25) is 0 Å². The Hall–Kier alpha value is -4.50. The summed E-state index contributed by atoms with van der Waals surface area (Å²) in [6.45, 7) is 0.881. The van der Waals surface area contributed by atoms with Gasteiger partial charge in [-0.1, -0.05) is 48.5 Å². The van der Waals surface area contributed by atoms with Crippen molar-refractivity contribution >= 4 is 17.0 Å². The third-order valence-corrected chi connectivity index (χ3v) is 5.40. The maximum Gasteiger partial charge on any atom is 0.161 e. The van der Waals surface area contributed by atoms with Crippen LogP contribution < -0.4 is 19.6 Å². The van der Waals surface area contributed by atoms with Gasteiger partial charge in [-0.05, 0) is 52.2 Å². The van der Waals surface area contributed by atoms with Gasteiger partial charge in [0.25, 0.3) is 0 Å². The van der Waals surface area contributed by atoms with Crippen molar-refractivity contribution in [3.63, 3.8) is 0 Å². The zero-order chi connectivity index (χ0) is 23.8. The minimum atomic E-state index is 0.355. The first-order valence-electron chi connectivity index (χ1n) is 10.8. The standard InChI is InChI=1S/C28H25N3O3/c1-32-27-12-10-21(15-28(27)33-2)17-30-31-18-25-24-9-4-3-8-23(24)11-13-26(25)34-19-22-7-5-6-20(14-22)16-29/h3-15,18,30H,17,19H2,1-2H3/b31-18+. The van der Waals surface area contributed by atoms with E-state index >= 15 is 0 Å². The average Bonchev–Trinajstić information content (AvgIpc) is 2.90. The third kappa shape index (κ3) is 5.28. The number of fused-ring (bicyclic) bond motifs is 1. The molecular formula is C28H25N3O3. The summed E-state index contributed by atoms with van der Waals surface area (Å²) in [5.41, 5.74) is 6.54. The van der Waals surface area contributed by atoms with Crippen LogP contribution in [0.4, 0.5) is 0 Å². The first-order valence-corrected chi connectivity index (χ1v) is 10.8. The smallest absolute Gasteiger partial charge is 0.161 e. The lowest BCUT2D eigenvalue weighted by Crippen LogP contribution is -2.07. The van der Waals surface area contributed by atoms with Crippen molar-refractivity contribution in [3.8, 4) is 23.3 Å². The number of rotatable bonds is 9. The lowest BCUT2D eigenvalue weighted by atomic mass is 10.0. The number of nitriles is 1. The molecule has 34 heavy (non-hydrogen) atoms. The van der Waals surface area contributed by atoms with Crippen LogP contribution in [0.5, 0.6) is 17.2 Å². The van der Waals surface area contributed by atoms with E-state index in [0.29, 0.717) is 30.2 Å². The van der Waals surface area contributed by atoms with Crippen molar-refractivity contribution in [3.05, 3.63) is 101 Å². The molecule has 0 radical (unpaired) electrons. The normalized spacial score (nSPS) is 10.7. The average molecular weight is 452 g/mol. The predicted molar refractivity (Wildman–Crippen MR) is 133 cm³/mol. The van der Waals surface area contributed by atoms with E-state index in [1.54, 1.807) is 26.5 Å². The van der Waals surface area contributed by atoms with Gasteiger partial charge in [0.2, 0.25) is 0 Å². The summed E-state index contributed by atoms with van der Waals surface area (Å²) in [5, 5.41) is 15.7. The van der Waals surface area contributed by atoms with E-state index in [1.165, 1.54) is 0 Å². The molecule has 0 spiro atoms. The zero-order valence-corrected chi connectivity index (χ0v) is 19.1. The largest absolute Gasteiger partial charge is 0.493 e. The molecule has 4 aromatic rings. The highest BCUT2D eigenvalue weighted by Gasteiger charge is 2.08. The molecule has 0 aliphatic carbocycles. The van der Waals surface area contributed by atoms with E-state index in [1.807, 2.05) is 66.7 Å². The molecule has 4 rings (SSSR count). The highest BCUT2D eigenvalue weighted by molar-refractivity contribution is 6.02. The SMILES string of the molecule is COc1ccc(CN/N=C/c2c(OCc3cccc(C#N)c3)ccc3ccccc23)cc1OC. The van der Waals surface area contributed by atoms with E-state index in [0.717, 1.165) is 33.2 Å². The number of nitrogens with one attached hydrogen (secondary N) is 1. The maximum absolute atomic E-state index is 9.14. The first-order chi connectivity index (χ1) is 16.7. The van der Waals surface area contributed by atoms with Crippen LogP contribution in [-0.4, -0.2) is 20.4 Å². The molecule has 0 heterocycles. The summed E-state index contributed by atoms with van der Waals surface area (Å²) in [5.74, 6) is 2.08.